The van der Waals surface area contributed by atoms with Crippen LogP contribution in [-0.2, 0) is 22.4 Å². The fourth-order valence-corrected chi connectivity index (χ4v) is 7.52. The number of carboxylic acid groups (broad SMARTS) is 1. The van der Waals surface area contributed by atoms with Crippen LogP contribution in [0.15, 0.2) is 109 Å². The molecule has 4 aromatic carbocycles. The van der Waals surface area contributed by atoms with Gasteiger partial charge < -0.3 is 14.9 Å². The maximum Gasteiger partial charge on any atom is 0.330 e. The van der Waals surface area contributed by atoms with Crippen molar-refractivity contribution in [2.24, 2.45) is 0 Å². The highest BCUT2D eigenvalue weighted by Crippen LogP contribution is 2.41. The number of benzene rings is 4. The van der Waals surface area contributed by atoms with Crippen molar-refractivity contribution in [2.75, 3.05) is 11.4 Å². The summed E-state index contributed by atoms with van der Waals surface area (Å²) >= 11 is 0. The van der Waals surface area contributed by atoms with Gasteiger partial charge >= 0.3 is 12.0 Å². The van der Waals surface area contributed by atoms with Crippen molar-refractivity contribution in [3.8, 4) is 0 Å². The minimum absolute atomic E-state index is 0.110. The molecule has 3 heterocycles. The predicted molar refractivity (Wildman–Crippen MR) is 169 cm³/mol. The third kappa shape index (κ3) is 4.82. The number of likely N-dealkylation sites (tertiary alicyclic amines) is 1. The molecule has 0 unspecified atom stereocenters. The van der Waals surface area contributed by atoms with Crippen LogP contribution in [-0.4, -0.2) is 57.5 Å². The van der Waals surface area contributed by atoms with Crippen LogP contribution in [0.1, 0.15) is 47.4 Å². The molecular formula is C37H35N3O4. The lowest BCUT2D eigenvalue weighted by Crippen LogP contribution is -2.71. The smallest absolute Gasteiger partial charge is 0.330 e. The molecule has 0 spiro atoms. The second-order valence-corrected chi connectivity index (χ2v) is 12.0. The highest BCUT2D eigenvalue weighted by Gasteiger charge is 2.53. The first-order chi connectivity index (χ1) is 21.5. The number of rotatable bonds is 4. The number of anilines is 2. The summed E-state index contributed by atoms with van der Waals surface area (Å²) in [5, 5.41) is 10.7. The number of carbonyl (C=O) groups is 3. The maximum absolute atomic E-state index is 14.7. The van der Waals surface area contributed by atoms with Gasteiger partial charge in [-0.1, -0.05) is 97.1 Å². The van der Waals surface area contributed by atoms with Crippen LogP contribution in [0, 0.1) is 0 Å². The topological polar surface area (TPSA) is 81.2 Å². The lowest BCUT2D eigenvalue weighted by molar-refractivity contribution is -0.158. The number of fused-ring (bicyclic) bond motifs is 4. The molecule has 7 nitrogen and oxygen atoms in total. The molecule has 7 rings (SSSR count). The van der Waals surface area contributed by atoms with Crippen LogP contribution < -0.4 is 4.90 Å². The van der Waals surface area contributed by atoms with Gasteiger partial charge in [0.1, 0.15) is 0 Å². The zero-order chi connectivity index (χ0) is 30.2. The van der Waals surface area contributed by atoms with Crippen LogP contribution in [0.25, 0.3) is 0 Å². The first-order valence-corrected chi connectivity index (χ1v) is 15.4. The number of carbonyl (C=O) groups excluding carboxylic acids is 2. The van der Waals surface area contributed by atoms with Crippen molar-refractivity contribution in [3.05, 3.63) is 131 Å². The minimum Gasteiger partial charge on any atom is -0.480 e. The highest BCUT2D eigenvalue weighted by atomic mass is 16.4. The molecule has 2 bridgehead atoms. The second-order valence-electron chi connectivity index (χ2n) is 12.0. The fourth-order valence-electron chi connectivity index (χ4n) is 7.52. The molecule has 0 radical (unpaired) electrons. The fraction of sp³-hybridized carbons (Fsp3) is 0.270. The number of aliphatic carboxylic acids is 1. The number of hydrogen-bond acceptors (Lipinski definition) is 3. The normalized spacial score (nSPS) is 20.8. The van der Waals surface area contributed by atoms with E-state index in [1.807, 2.05) is 114 Å². The van der Waals surface area contributed by atoms with E-state index in [0.29, 0.717) is 12.8 Å². The Hall–Kier alpha value is -4.91. The number of amides is 3. The molecule has 2 fully saturated rings. The molecule has 2 saturated heterocycles. The number of piperazine rings is 1. The van der Waals surface area contributed by atoms with Gasteiger partial charge in [0.05, 0.1) is 23.3 Å². The maximum atomic E-state index is 14.7. The molecule has 1 N–H and O–H groups in total. The van der Waals surface area contributed by atoms with E-state index in [-0.39, 0.29) is 24.5 Å². The van der Waals surface area contributed by atoms with E-state index in [4.69, 9.17) is 0 Å². The van der Waals surface area contributed by atoms with Crippen molar-refractivity contribution < 1.29 is 19.5 Å². The van der Waals surface area contributed by atoms with Gasteiger partial charge in [0.2, 0.25) is 5.91 Å². The van der Waals surface area contributed by atoms with Crippen molar-refractivity contribution in [2.45, 2.75) is 56.1 Å². The Labute approximate surface area is 257 Å². The monoisotopic (exact) mass is 585 g/mol. The Morgan fingerprint density at radius 3 is 1.75 bits per heavy atom. The molecule has 3 aliphatic heterocycles. The molecule has 44 heavy (non-hydrogen) atoms. The zero-order valence-electron chi connectivity index (χ0n) is 24.5. The van der Waals surface area contributed by atoms with Crippen LogP contribution >= 0.6 is 0 Å². The lowest BCUT2D eigenvalue weighted by Gasteiger charge is -2.54. The van der Waals surface area contributed by atoms with Gasteiger partial charge in [0.25, 0.3) is 0 Å². The molecule has 0 saturated carbocycles. The van der Waals surface area contributed by atoms with E-state index in [1.165, 1.54) is 4.90 Å². The van der Waals surface area contributed by atoms with Crippen LogP contribution in [0.4, 0.5) is 16.2 Å². The number of carboxylic acids is 1. The van der Waals surface area contributed by atoms with Crippen LogP contribution in [0.5, 0.6) is 0 Å². The van der Waals surface area contributed by atoms with E-state index < -0.39 is 24.0 Å². The van der Waals surface area contributed by atoms with Crippen molar-refractivity contribution in [3.63, 3.8) is 0 Å². The highest BCUT2D eigenvalue weighted by molar-refractivity contribution is 6.03. The van der Waals surface area contributed by atoms with Crippen molar-refractivity contribution >= 4 is 29.3 Å². The van der Waals surface area contributed by atoms with E-state index in [9.17, 15) is 19.5 Å². The second kappa shape index (κ2) is 11.6. The quantitative estimate of drug-likeness (QED) is 0.301. The summed E-state index contributed by atoms with van der Waals surface area (Å²) in [6.45, 7) is 0.162. The Bertz CT molecular complexity index is 1600. The van der Waals surface area contributed by atoms with E-state index in [0.717, 1.165) is 52.9 Å². The van der Waals surface area contributed by atoms with Gasteiger partial charge in [0, 0.05) is 12.6 Å². The number of aryl methyl sites for hydroxylation is 2. The lowest BCUT2D eigenvalue weighted by atomic mass is 9.82. The molecule has 7 heteroatoms. The summed E-state index contributed by atoms with van der Waals surface area (Å²) in [6, 6.07) is 32.6. The summed E-state index contributed by atoms with van der Waals surface area (Å²) in [6.07, 6.45) is 3.61. The van der Waals surface area contributed by atoms with Gasteiger partial charge in [-0.15, -0.1) is 0 Å². The summed E-state index contributed by atoms with van der Waals surface area (Å²) in [4.78, 5) is 47.6. The van der Waals surface area contributed by atoms with Gasteiger partial charge in [-0.25, -0.2) is 9.59 Å². The number of piperidine rings is 1. The minimum atomic E-state index is -1.17. The molecule has 222 valence electrons. The molecule has 3 aliphatic rings. The van der Waals surface area contributed by atoms with Gasteiger partial charge in [0.15, 0.2) is 6.04 Å². The molecule has 3 atom stereocenters. The molecule has 4 aromatic rings. The third-order valence-corrected chi connectivity index (χ3v) is 9.48. The Morgan fingerprint density at radius 2 is 1.20 bits per heavy atom. The molecular weight excluding hydrogens is 550 g/mol. The average Bonchev–Trinajstić information content (AvgIpc) is 3.22. The average molecular weight is 586 g/mol. The molecule has 0 aliphatic carbocycles. The zero-order valence-corrected chi connectivity index (χ0v) is 24.5. The van der Waals surface area contributed by atoms with Crippen LogP contribution in [0.2, 0.25) is 0 Å². The van der Waals surface area contributed by atoms with Crippen LogP contribution in [0.3, 0.4) is 0 Å². The number of nitrogens with zero attached hydrogens (tertiary/aromatic N) is 3. The Morgan fingerprint density at radius 1 is 0.682 bits per heavy atom. The van der Waals surface area contributed by atoms with Crippen molar-refractivity contribution in [1.82, 2.24) is 9.80 Å². The number of para-hydroxylation sites is 2. The summed E-state index contributed by atoms with van der Waals surface area (Å²) < 4.78 is 0. The van der Waals surface area contributed by atoms with E-state index >= 15 is 0 Å². The largest absolute Gasteiger partial charge is 0.480 e. The summed E-state index contributed by atoms with van der Waals surface area (Å²) in [7, 11) is 0. The SMILES string of the molecule is O=C(O)[C@@H]1[C@H]2CCC[C@@H](CN1C(=O)N1c3ccccc3CCc3ccccc31)N2C(=O)C(c1ccccc1)c1ccccc1. The number of hydrogen-bond donors (Lipinski definition) is 1. The standard InChI is InChI=1S/C37H35N3O4/c41-35(33(27-14-3-1-4-15-27)28-16-5-2-6-17-28)39-29-18-11-21-32(39)34(36(42)43)38(24-29)37(44)40-30-19-9-7-12-25(30)22-23-26-13-8-10-20-31(26)40/h1-10,12-17,19-20,29,32-34H,11,18,21-24H2,(H,42,43)/t29-,32+,34-/m0/s1. The molecule has 3 amide bonds. The molecule has 0 aromatic heterocycles. The first-order valence-electron chi connectivity index (χ1n) is 15.4. The number of urea groups is 1. The van der Waals surface area contributed by atoms with Crippen molar-refractivity contribution in [1.29, 1.82) is 0 Å². The summed E-state index contributed by atoms with van der Waals surface area (Å²) in [5.41, 5.74) is 5.39. The van der Waals surface area contributed by atoms with Gasteiger partial charge in [-0.3, -0.25) is 9.69 Å². The van der Waals surface area contributed by atoms with Gasteiger partial charge in [-0.05, 0) is 66.5 Å². The first kappa shape index (κ1) is 27.9. The predicted octanol–water partition coefficient (Wildman–Crippen LogP) is 6.39. The Kier molecular flexibility index (Phi) is 7.38. The van der Waals surface area contributed by atoms with E-state index in [1.54, 1.807) is 4.90 Å². The van der Waals surface area contributed by atoms with Gasteiger partial charge in [-0.2, -0.15) is 0 Å². The van der Waals surface area contributed by atoms with E-state index in [2.05, 4.69) is 0 Å². The third-order valence-electron chi connectivity index (χ3n) is 9.48. The summed E-state index contributed by atoms with van der Waals surface area (Å²) in [5.74, 6) is -1.77. The Balaban J connectivity index is 1.28.